The van der Waals surface area contributed by atoms with Gasteiger partial charge in [-0.2, -0.15) is 0 Å². The molecule has 0 aliphatic rings. The summed E-state index contributed by atoms with van der Waals surface area (Å²) in [6, 6.07) is 5.07. The Morgan fingerprint density at radius 3 is 2.60 bits per heavy atom. The van der Waals surface area contributed by atoms with E-state index in [2.05, 4.69) is 15.1 Å². The number of fused-ring (bicyclic) bond motifs is 1. The molecule has 0 radical (unpaired) electrons. The van der Waals surface area contributed by atoms with Crippen LogP contribution in [0.1, 0.15) is 45.8 Å². The molecule has 1 aromatic heterocycles. The lowest BCUT2D eigenvalue weighted by Crippen LogP contribution is -2.25. The molecular formula is C25H26F2N4O4. The number of nitrogens with one attached hydrogen (secondary N) is 2. The van der Waals surface area contributed by atoms with Crippen molar-refractivity contribution in [1.82, 2.24) is 5.48 Å². The summed E-state index contributed by atoms with van der Waals surface area (Å²) in [5.41, 5.74) is 9.39. The van der Waals surface area contributed by atoms with Gasteiger partial charge < -0.3 is 15.5 Å². The van der Waals surface area contributed by atoms with Gasteiger partial charge in [0, 0.05) is 30.6 Å². The van der Waals surface area contributed by atoms with Gasteiger partial charge in [-0.05, 0) is 44.5 Å². The normalized spacial score (nSPS) is 12.8. The van der Waals surface area contributed by atoms with Gasteiger partial charge in [0.2, 0.25) is 0 Å². The van der Waals surface area contributed by atoms with Crippen molar-refractivity contribution in [2.75, 3.05) is 19.5 Å². The van der Waals surface area contributed by atoms with Crippen molar-refractivity contribution < 1.29 is 22.8 Å². The first-order chi connectivity index (χ1) is 16.6. The number of hydrogen-bond acceptors (Lipinski definition) is 7. The van der Waals surface area contributed by atoms with Crippen LogP contribution in [0.2, 0.25) is 0 Å². The number of amides is 1. The van der Waals surface area contributed by atoms with Crippen molar-refractivity contribution in [3.8, 4) is 0 Å². The second-order valence-electron chi connectivity index (χ2n) is 7.91. The predicted molar refractivity (Wildman–Crippen MR) is 131 cm³/mol. The topological polar surface area (TPSA) is 119 Å². The molecular weight excluding hydrogens is 458 g/mol. The van der Waals surface area contributed by atoms with Crippen LogP contribution < -0.4 is 22.0 Å². The molecule has 35 heavy (non-hydrogen) atoms. The molecule has 3 rings (SSSR count). The van der Waals surface area contributed by atoms with Gasteiger partial charge in [-0.15, -0.1) is 0 Å². The summed E-state index contributed by atoms with van der Waals surface area (Å²) in [5.74, 6) is -3.21. The maximum Gasteiger partial charge on any atom is 0.280 e. The molecule has 0 saturated carbocycles. The van der Waals surface area contributed by atoms with Crippen LogP contribution in [-0.2, 0) is 4.84 Å². The fourth-order valence-corrected chi connectivity index (χ4v) is 3.83. The summed E-state index contributed by atoms with van der Waals surface area (Å²) in [4.78, 5) is 34.1. The molecule has 0 spiro atoms. The highest BCUT2D eigenvalue weighted by molar-refractivity contribution is 6.09. The number of carbonyl (C=O) groups excluding carboxylic acids is 1. The Balaban J connectivity index is 2.21. The Labute approximate surface area is 200 Å². The SMILES string of the molecule is CN=C/C(=C\N)c1oc2c(C(C)Nc3ccc(F)c(F)c3C(=O)NOC)cc(C)cc2c(=O)c1C. The quantitative estimate of drug-likeness (QED) is 0.342. The van der Waals surface area contributed by atoms with Crippen molar-refractivity contribution in [3.05, 3.63) is 80.3 Å². The highest BCUT2D eigenvalue weighted by Gasteiger charge is 2.24. The molecule has 1 atom stereocenters. The maximum absolute atomic E-state index is 14.5. The number of carbonyl (C=O) groups is 1. The van der Waals surface area contributed by atoms with Gasteiger partial charge >= 0.3 is 0 Å². The van der Waals surface area contributed by atoms with Crippen LogP contribution in [0.15, 0.2) is 44.7 Å². The standard InChI is InChI=1S/C25H26F2N4O4/c1-12-8-16(14(3)30-19-7-6-18(26)21(27)20(19)25(33)31-34-5)24-17(9-12)22(32)13(2)23(35-24)15(10-28)11-29-4/h6-11,14,30H,28H2,1-5H3,(H,31,33)/b15-10+,29-11?. The molecule has 184 valence electrons. The van der Waals surface area contributed by atoms with Crippen LogP contribution in [0.3, 0.4) is 0 Å². The summed E-state index contributed by atoms with van der Waals surface area (Å²) in [5, 5.41) is 3.37. The molecule has 10 heteroatoms. The summed E-state index contributed by atoms with van der Waals surface area (Å²) in [6.45, 7) is 5.20. The lowest BCUT2D eigenvalue weighted by Gasteiger charge is -2.20. The Morgan fingerprint density at radius 1 is 1.26 bits per heavy atom. The first-order valence-electron chi connectivity index (χ1n) is 10.6. The molecule has 0 bridgehead atoms. The zero-order chi connectivity index (χ0) is 25.9. The molecule has 1 unspecified atom stereocenters. The van der Waals surface area contributed by atoms with Crippen molar-refractivity contribution in [1.29, 1.82) is 0 Å². The van der Waals surface area contributed by atoms with Gasteiger partial charge in [0.1, 0.15) is 16.9 Å². The number of aryl methyl sites for hydroxylation is 1. The van der Waals surface area contributed by atoms with Crippen LogP contribution in [-0.4, -0.2) is 26.3 Å². The Morgan fingerprint density at radius 2 is 1.97 bits per heavy atom. The first kappa shape index (κ1) is 25.6. The first-order valence-corrected chi connectivity index (χ1v) is 10.6. The minimum atomic E-state index is -1.33. The van der Waals surface area contributed by atoms with E-state index in [1.807, 2.05) is 12.4 Å². The number of aliphatic imine (C=N–C) groups is 1. The number of halogens is 2. The summed E-state index contributed by atoms with van der Waals surface area (Å²) in [7, 11) is 2.75. The molecule has 0 aliphatic carbocycles. The van der Waals surface area contributed by atoms with Gasteiger partial charge in [-0.1, -0.05) is 6.07 Å². The highest BCUT2D eigenvalue weighted by Crippen LogP contribution is 2.32. The lowest BCUT2D eigenvalue weighted by molar-refractivity contribution is 0.0533. The molecule has 0 fully saturated rings. The molecule has 4 N–H and O–H groups in total. The summed E-state index contributed by atoms with van der Waals surface area (Å²) < 4.78 is 34.6. The smallest absolute Gasteiger partial charge is 0.280 e. The number of allylic oxidation sites excluding steroid dienone is 1. The van der Waals surface area contributed by atoms with E-state index in [0.29, 0.717) is 22.1 Å². The zero-order valence-corrected chi connectivity index (χ0v) is 20.0. The number of anilines is 1. The third-order valence-corrected chi connectivity index (χ3v) is 5.46. The molecule has 8 nitrogen and oxygen atoms in total. The third kappa shape index (κ3) is 4.92. The van der Waals surface area contributed by atoms with Crippen molar-refractivity contribution in [2.24, 2.45) is 10.7 Å². The molecule has 1 heterocycles. The number of nitrogens with zero attached hydrogens (tertiary/aromatic N) is 1. The van der Waals surface area contributed by atoms with Crippen LogP contribution in [0.4, 0.5) is 14.5 Å². The Kier molecular flexibility index (Phi) is 7.65. The largest absolute Gasteiger partial charge is 0.455 e. The predicted octanol–water partition coefficient (Wildman–Crippen LogP) is 4.15. The van der Waals surface area contributed by atoms with E-state index >= 15 is 0 Å². The van der Waals surface area contributed by atoms with Crippen molar-refractivity contribution in [2.45, 2.75) is 26.8 Å². The van der Waals surface area contributed by atoms with Gasteiger partial charge in [-0.25, -0.2) is 14.3 Å². The second-order valence-corrected chi connectivity index (χ2v) is 7.91. The van der Waals surface area contributed by atoms with E-state index in [-0.39, 0.29) is 22.5 Å². The van der Waals surface area contributed by atoms with Crippen molar-refractivity contribution in [3.63, 3.8) is 0 Å². The van der Waals surface area contributed by atoms with Crippen LogP contribution in [0.25, 0.3) is 16.5 Å². The average molecular weight is 485 g/mol. The van der Waals surface area contributed by atoms with E-state index in [1.54, 1.807) is 33.0 Å². The number of hydroxylamine groups is 1. The number of rotatable bonds is 7. The average Bonchev–Trinajstić information content (AvgIpc) is 2.82. The highest BCUT2D eigenvalue weighted by atomic mass is 19.2. The van der Waals surface area contributed by atoms with Gasteiger partial charge in [0.25, 0.3) is 5.91 Å². The third-order valence-electron chi connectivity index (χ3n) is 5.46. The molecule has 2 aromatic carbocycles. The minimum Gasteiger partial charge on any atom is -0.455 e. The minimum absolute atomic E-state index is 0.0240. The maximum atomic E-state index is 14.5. The summed E-state index contributed by atoms with van der Waals surface area (Å²) >= 11 is 0. The number of benzene rings is 2. The number of nitrogens with two attached hydrogens (primary N) is 1. The van der Waals surface area contributed by atoms with E-state index in [0.717, 1.165) is 11.6 Å². The van der Waals surface area contributed by atoms with Gasteiger partial charge in [-0.3, -0.25) is 19.4 Å². The number of hydrogen-bond donors (Lipinski definition) is 3. The van der Waals surface area contributed by atoms with E-state index in [9.17, 15) is 18.4 Å². The lowest BCUT2D eigenvalue weighted by atomic mass is 9.98. The molecule has 0 saturated heterocycles. The Hall–Kier alpha value is -4.05. The zero-order valence-electron chi connectivity index (χ0n) is 20.0. The summed E-state index contributed by atoms with van der Waals surface area (Å²) in [6.07, 6.45) is 2.77. The van der Waals surface area contributed by atoms with Crippen molar-refractivity contribution >= 4 is 34.4 Å². The Bertz CT molecular complexity index is 1410. The fraction of sp³-hybridized carbons (Fsp3) is 0.240. The van der Waals surface area contributed by atoms with E-state index in [1.165, 1.54) is 25.6 Å². The second kappa shape index (κ2) is 10.5. The van der Waals surface area contributed by atoms with E-state index in [4.69, 9.17) is 10.2 Å². The van der Waals surface area contributed by atoms with Gasteiger partial charge in [0.05, 0.1) is 29.8 Å². The van der Waals surface area contributed by atoms with Crippen LogP contribution in [0, 0.1) is 25.5 Å². The monoisotopic (exact) mass is 484 g/mol. The molecule has 0 aliphatic heterocycles. The van der Waals surface area contributed by atoms with E-state index < -0.39 is 29.1 Å². The molecule has 1 amide bonds. The fourth-order valence-electron chi connectivity index (χ4n) is 3.83. The molecule has 3 aromatic rings. The van der Waals surface area contributed by atoms with Crippen LogP contribution >= 0.6 is 0 Å². The van der Waals surface area contributed by atoms with Gasteiger partial charge in [0.15, 0.2) is 17.1 Å². The van der Waals surface area contributed by atoms with Crippen LogP contribution in [0.5, 0.6) is 0 Å².